The zero-order chi connectivity index (χ0) is 39.2. The van der Waals surface area contributed by atoms with Crippen LogP contribution in [-0.4, -0.2) is 42.1 Å². The quantitative estimate of drug-likeness (QED) is 0.0865. The molecule has 30 heteroatoms. The predicted octanol–water partition coefficient (Wildman–Crippen LogP) is 16.7. The Hall–Kier alpha value is 8.03. The van der Waals surface area contributed by atoms with E-state index in [-0.39, 0.29) is 52.2 Å². The Kier molecular flexibility index (Phi) is 22.8. The second kappa shape index (κ2) is 22.5. The Labute approximate surface area is 352 Å². The molecule has 0 aromatic rings. The highest BCUT2D eigenvalue weighted by Gasteiger charge is 2.74. The Morgan fingerprint density at radius 3 is 1.94 bits per heavy atom. The molecule has 2 heterocycles. The number of cyclic esters (lactones) is 1. The highest BCUT2D eigenvalue weighted by atomic mass is 33.3. The first-order chi connectivity index (χ1) is 24.1. The number of fused-ring (bicyclic) bond motifs is 3. The molecule has 17 unspecified atom stereocenters. The summed E-state index contributed by atoms with van der Waals surface area (Å²) in [4.78, 5) is 27.8. The summed E-state index contributed by atoms with van der Waals surface area (Å²) in [7, 11) is 36.0. The lowest BCUT2D eigenvalue weighted by Crippen LogP contribution is -2.65. The molecule has 52 heavy (non-hydrogen) atoms. The van der Waals surface area contributed by atoms with E-state index in [0.29, 0.717) is 33.6 Å². The van der Waals surface area contributed by atoms with Crippen LogP contribution in [0.4, 0.5) is 4.79 Å². The molecule has 2 saturated heterocycles. The molecule has 2 aliphatic carbocycles. The van der Waals surface area contributed by atoms with Gasteiger partial charge in [0.05, 0.1) is 27.3 Å². The Morgan fingerprint density at radius 2 is 1.44 bits per heavy atom. The van der Waals surface area contributed by atoms with Crippen molar-refractivity contribution in [3.05, 3.63) is 23.8 Å². The molecule has 3 fully saturated rings. The number of carbonyl (C=O) groups is 2. The summed E-state index contributed by atoms with van der Waals surface area (Å²) in [5, 5.41) is 0. The van der Waals surface area contributed by atoms with E-state index in [0.717, 1.165) is 11.1 Å². The number of hydrogen-bond acceptors (Lipinski definition) is 7. The summed E-state index contributed by atoms with van der Waals surface area (Å²) >= 11 is 0. The number of carbonyl (C=O) groups excluding carboxylic acids is 2. The molecule has 4 aliphatic rings. The monoisotopic (exact) mass is 1140 g/mol. The maximum absolute atomic E-state index is 14.3. The van der Waals surface area contributed by atoms with Gasteiger partial charge in [0.15, 0.2) is 11.7 Å². The van der Waals surface area contributed by atoms with Crippen LogP contribution in [-0.2, 0) is 28.1 Å². The average Bonchev–Trinajstić information content (AvgIpc) is 3.46. The largest absolute Gasteiger partial charge is 0.509 e. The molecular formula is C22H53O7P23. The van der Waals surface area contributed by atoms with Crippen LogP contribution in [0, 0.1) is 16.7 Å². The lowest BCUT2D eigenvalue weighted by molar-refractivity contribution is -0.156. The molecule has 4 rings (SSSR count). The molecule has 0 N–H and O–H groups in total. The highest BCUT2D eigenvalue weighted by Crippen LogP contribution is 3.21. The van der Waals surface area contributed by atoms with Crippen LogP contribution in [0.25, 0.3) is 0 Å². The van der Waals surface area contributed by atoms with Crippen molar-refractivity contribution in [2.24, 2.45) is 16.7 Å². The van der Waals surface area contributed by atoms with E-state index in [1.165, 1.54) is 0 Å². The van der Waals surface area contributed by atoms with Gasteiger partial charge in [-0.3, -0.25) is 4.79 Å². The molecule has 0 aromatic carbocycles. The van der Waals surface area contributed by atoms with E-state index in [9.17, 15) is 9.59 Å². The Bertz CT molecular complexity index is 1350. The van der Waals surface area contributed by atoms with Gasteiger partial charge in [0.1, 0.15) is 12.0 Å². The smallest absolute Gasteiger partial charge is 0.461 e. The first-order valence-electron chi connectivity index (χ1n) is 15.5. The minimum absolute atomic E-state index is 0.300. The standard InChI is InChI=1S/C22H53O7P23/c1-6-7-8-14-21(5)9-13(29-44(45(32)33)50(42-30)46(34)35)15-11(2)12(28-43(31)51(47(36)37)52(48(38)39)49(40)41)10-22(20(15,3)4)17(26-19(24)27-22)16(21)18(23)25-14/h6,12-14,16-17,42H,1,7-10,30-41H2,2-5H3/t12-,13+,14-,16+,17-,21+,22+,43?,44?,50?,51?/m0/s1. The van der Waals surface area contributed by atoms with Crippen molar-refractivity contribution in [3.63, 3.8) is 0 Å². The van der Waals surface area contributed by atoms with Crippen molar-refractivity contribution in [2.45, 2.75) is 83.4 Å². The lowest BCUT2D eigenvalue weighted by Gasteiger charge is -2.57. The molecule has 2 aliphatic heterocycles. The van der Waals surface area contributed by atoms with Crippen LogP contribution in [0.2, 0.25) is 0 Å². The molecule has 0 aromatic heterocycles. The molecule has 1 saturated carbocycles. The van der Waals surface area contributed by atoms with Crippen molar-refractivity contribution in [1.82, 2.24) is 0 Å². The van der Waals surface area contributed by atoms with Crippen LogP contribution in [0.5, 0.6) is 0 Å². The van der Waals surface area contributed by atoms with Gasteiger partial charge in [-0.25, -0.2) is 4.79 Å². The summed E-state index contributed by atoms with van der Waals surface area (Å²) in [6, 6.07) is 0. The van der Waals surface area contributed by atoms with Crippen molar-refractivity contribution in [2.75, 3.05) is 0 Å². The topological polar surface area (TPSA) is 80.3 Å². The fraction of sp³-hybridized carbons (Fsp3) is 0.727. The Balaban J connectivity index is 1.98. The summed E-state index contributed by atoms with van der Waals surface area (Å²) in [5.41, 5.74) is -0.275. The van der Waals surface area contributed by atoms with Crippen LogP contribution in [0.15, 0.2) is 23.8 Å². The van der Waals surface area contributed by atoms with E-state index in [2.05, 4.69) is 141 Å². The number of allylic oxidation sites excluding steroid dienone is 1. The third-order valence-electron chi connectivity index (χ3n) is 10.0. The summed E-state index contributed by atoms with van der Waals surface area (Å²) < 4.78 is 34.1. The van der Waals surface area contributed by atoms with E-state index in [4.69, 9.17) is 23.3 Å². The van der Waals surface area contributed by atoms with Crippen molar-refractivity contribution >= 4 is 198 Å². The zero-order valence-electron chi connectivity index (χ0n) is 29.3. The average molecular weight is 1140 g/mol. The fourth-order valence-electron chi connectivity index (χ4n) is 7.82. The maximum Gasteiger partial charge on any atom is 0.509 e. The molecule has 0 amide bonds. The third kappa shape index (κ3) is 11.2. The second-order valence-electron chi connectivity index (χ2n) is 13.3. The minimum Gasteiger partial charge on any atom is -0.461 e. The zero-order valence-corrected chi connectivity index (χ0v) is 53.1. The van der Waals surface area contributed by atoms with Crippen molar-refractivity contribution < 1.29 is 32.8 Å². The van der Waals surface area contributed by atoms with Gasteiger partial charge in [-0.05, 0) is 79.3 Å². The SMILES string of the molecule is C=CCC[C@@H]1OC(=O)[C@H]2[C@@H]3OC(=O)O[C@]34C[C@H](OP(P)P(P(P)P)P(P(P)P)P(P)P)C(C)=C([C@H](OP(P(P)P)P(PP)P(P)P)C[C@]12C)C4(C)C. The first-order valence-corrected chi connectivity index (χ1v) is 55.9. The Morgan fingerprint density at radius 1 is 0.846 bits per heavy atom. The normalized spacial score (nSPS) is 34.1. The van der Waals surface area contributed by atoms with E-state index in [1.54, 1.807) is 0 Å². The number of hydrogen-bond donors (Lipinski definition) is 0. The van der Waals surface area contributed by atoms with Gasteiger partial charge < -0.3 is 23.3 Å². The maximum atomic E-state index is 14.3. The first kappa shape index (κ1) is 52.7. The highest BCUT2D eigenvalue weighted by molar-refractivity contribution is 9.25. The van der Waals surface area contributed by atoms with Gasteiger partial charge in [0, 0.05) is 31.2 Å². The van der Waals surface area contributed by atoms with Crippen molar-refractivity contribution in [1.29, 1.82) is 0 Å². The molecular weight excluding hydrogens is 1090 g/mol. The summed E-state index contributed by atoms with van der Waals surface area (Å²) in [6.07, 6.45) is 1.59. The number of rotatable bonds is 16. The predicted molar refractivity (Wildman–Crippen MR) is 294 cm³/mol. The second-order valence-corrected chi connectivity index (χ2v) is 96.1. The fourth-order valence-corrected chi connectivity index (χ4v) is 204. The van der Waals surface area contributed by atoms with Gasteiger partial charge in [0.2, 0.25) is 0 Å². The molecule has 7 nitrogen and oxygen atoms in total. The van der Waals surface area contributed by atoms with E-state index >= 15 is 0 Å². The van der Waals surface area contributed by atoms with Gasteiger partial charge >= 0.3 is 12.1 Å². The van der Waals surface area contributed by atoms with E-state index < -0.39 is 77.6 Å². The molecule has 298 valence electrons. The van der Waals surface area contributed by atoms with E-state index in [1.807, 2.05) is 6.08 Å². The summed E-state index contributed by atoms with van der Waals surface area (Å²) in [6.45, 7) is 9.49. The molecule has 24 atom stereocenters. The molecule has 2 bridgehead atoms. The van der Waals surface area contributed by atoms with Crippen LogP contribution in [0.1, 0.15) is 53.4 Å². The molecule has 1 spiro atoms. The van der Waals surface area contributed by atoms with Crippen LogP contribution in [0.3, 0.4) is 0 Å². The lowest BCUT2D eigenvalue weighted by atomic mass is 9.51. The van der Waals surface area contributed by atoms with Crippen molar-refractivity contribution in [3.8, 4) is 0 Å². The number of esters is 1. The number of ether oxygens (including phenoxy) is 3. The van der Waals surface area contributed by atoms with Crippen LogP contribution >= 0.6 is 186 Å². The third-order valence-corrected chi connectivity index (χ3v) is 131. The summed E-state index contributed by atoms with van der Waals surface area (Å²) in [5.74, 6) is -1.03. The molecule has 0 radical (unpaired) electrons. The van der Waals surface area contributed by atoms with Gasteiger partial charge in [-0.15, -0.1) is 105 Å². The van der Waals surface area contributed by atoms with Gasteiger partial charge in [0.25, 0.3) is 0 Å². The van der Waals surface area contributed by atoms with Crippen LogP contribution < -0.4 is 0 Å². The minimum atomic E-state index is -1.16. The van der Waals surface area contributed by atoms with Gasteiger partial charge in [-0.2, -0.15) is 0 Å². The van der Waals surface area contributed by atoms with Gasteiger partial charge in [-0.1, -0.05) is 43.7 Å².